The molecule has 1 aliphatic rings. The molecular weight excluding hydrogens is 403 g/mol. The lowest BCUT2D eigenvalue weighted by Gasteiger charge is -2.18. The number of hydrogen-bond donors (Lipinski definition) is 1. The van der Waals surface area contributed by atoms with Crippen LogP contribution in [0.3, 0.4) is 0 Å². The second kappa shape index (κ2) is 7.51. The number of H-pyrrole nitrogens is 1. The third-order valence-corrected chi connectivity index (χ3v) is 4.56. The number of aromatic amines is 1. The summed E-state index contributed by atoms with van der Waals surface area (Å²) in [7, 11) is 0. The van der Waals surface area contributed by atoms with Crippen LogP contribution in [0.2, 0.25) is 0 Å². The zero-order valence-electron chi connectivity index (χ0n) is 15.3. The predicted octanol–water partition coefficient (Wildman–Crippen LogP) is 1.90. The van der Waals surface area contributed by atoms with E-state index in [1.54, 1.807) is 6.07 Å². The smallest absolute Gasteiger partial charge is 0.432 e. The summed E-state index contributed by atoms with van der Waals surface area (Å²) >= 11 is 0. The number of ether oxygens (including phenoxy) is 1. The van der Waals surface area contributed by atoms with E-state index in [-0.39, 0.29) is 11.9 Å². The van der Waals surface area contributed by atoms with E-state index in [4.69, 9.17) is 10.00 Å². The molecule has 1 atom stereocenters. The van der Waals surface area contributed by atoms with Crippen molar-refractivity contribution in [2.24, 2.45) is 0 Å². The van der Waals surface area contributed by atoms with Crippen molar-refractivity contribution in [2.75, 3.05) is 18.0 Å². The van der Waals surface area contributed by atoms with E-state index >= 15 is 0 Å². The summed E-state index contributed by atoms with van der Waals surface area (Å²) in [5, 5.41) is 11.2. The standard InChI is InChI=1S/C18H14F3N7O2/c19-18(20,21)14-5-17(29)28(26-14)16-6-15(24-10-25-16)27-4-2-12(9-27)30-13-8-23-3-1-11(13)7-22/h1,3,5-6,8,10,12,26H,2,4,9H2. The highest BCUT2D eigenvalue weighted by atomic mass is 19.4. The average Bonchev–Trinajstić information content (AvgIpc) is 3.35. The molecule has 1 fully saturated rings. The summed E-state index contributed by atoms with van der Waals surface area (Å²) in [5.41, 5.74) is -1.67. The van der Waals surface area contributed by atoms with Gasteiger partial charge in [0.25, 0.3) is 5.56 Å². The average molecular weight is 417 g/mol. The molecule has 4 rings (SSSR count). The first-order chi connectivity index (χ1) is 14.3. The van der Waals surface area contributed by atoms with Crippen LogP contribution in [0.15, 0.2) is 41.7 Å². The SMILES string of the molecule is N#Cc1ccncc1OC1CCN(c2cc(-n3[nH]c(C(F)(F)F)cc3=O)ncn2)C1. The van der Waals surface area contributed by atoms with Gasteiger partial charge < -0.3 is 9.64 Å². The Labute approximate surface area is 167 Å². The quantitative estimate of drug-likeness (QED) is 0.690. The normalized spacial score (nSPS) is 16.5. The van der Waals surface area contributed by atoms with E-state index in [2.05, 4.69) is 15.0 Å². The number of rotatable bonds is 4. The maximum atomic E-state index is 12.8. The van der Waals surface area contributed by atoms with Crippen LogP contribution in [0.4, 0.5) is 19.0 Å². The third-order valence-electron chi connectivity index (χ3n) is 4.56. The third kappa shape index (κ3) is 3.82. The van der Waals surface area contributed by atoms with Crippen molar-refractivity contribution in [3.63, 3.8) is 0 Å². The van der Waals surface area contributed by atoms with Crippen molar-refractivity contribution in [1.82, 2.24) is 24.7 Å². The van der Waals surface area contributed by atoms with Crippen molar-refractivity contribution in [3.8, 4) is 17.6 Å². The maximum Gasteiger partial charge on any atom is 0.432 e. The largest absolute Gasteiger partial charge is 0.485 e. The molecule has 30 heavy (non-hydrogen) atoms. The van der Waals surface area contributed by atoms with Gasteiger partial charge in [0.05, 0.1) is 18.3 Å². The van der Waals surface area contributed by atoms with E-state index < -0.39 is 17.4 Å². The number of alkyl halides is 3. The van der Waals surface area contributed by atoms with Gasteiger partial charge in [0.2, 0.25) is 0 Å². The molecule has 12 heteroatoms. The molecule has 4 heterocycles. The second-order valence-electron chi connectivity index (χ2n) is 6.53. The number of halogens is 3. The number of nitrogens with zero attached hydrogens (tertiary/aromatic N) is 6. The van der Waals surface area contributed by atoms with Crippen LogP contribution >= 0.6 is 0 Å². The Hall–Kier alpha value is -3.88. The summed E-state index contributed by atoms with van der Waals surface area (Å²) in [6.45, 7) is 1.00. The van der Waals surface area contributed by atoms with E-state index in [1.165, 1.54) is 24.8 Å². The maximum absolute atomic E-state index is 12.8. The number of anilines is 1. The van der Waals surface area contributed by atoms with Crippen molar-refractivity contribution in [2.45, 2.75) is 18.7 Å². The number of pyridine rings is 1. The second-order valence-corrected chi connectivity index (χ2v) is 6.53. The van der Waals surface area contributed by atoms with Crippen LogP contribution in [0.5, 0.6) is 5.75 Å². The summed E-state index contributed by atoms with van der Waals surface area (Å²) in [4.78, 5) is 25.8. The Kier molecular flexibility index (Phi) is 4.86. The predicted molar refractivity (Wildman–Crippen MR) is 97.2 cm³/mol. The molecule has 0 amide bonds. The van der Waals surface area contributed by atoms with Crippen LogP contribution in [0.25, 0.3) is 5.82 Å². The van der Waals surface area contributed by atoms with Gasteiger partial charge in [0.1, 0.15) is 30.0 Å². The molecule has 0 radical (unpaired) electrons. The minimum Gasteiger partial charge on any atom is -0.485 e. The molecule has 1 saturated heterocycles. The minimum absolute atomic E-state index is 0.0103. The Bertz CT molecular complexity index is 1170. The highest BCUT2D eigenvalue weighted by Crippen LogP contribution is 2.27. The molecule has 3 aromatic rings. The van der Waals surface area contributed by atoms with Gasteiger partial charge in [0.15, 0.2) is 11.6 Å². The molecule has 1 N–H and O–H groups in total. The molecule has 1 aliphatic heterocycles. The Morgan fingerprint density at radius 3 is 2.80 bits per heavy atom. The molecule has 3 aromatic heterocycles. The van der Waals surface area contributed by atoms with Crippen LogP contribution in [-0.2, 0) is 6.18 Å². The fourth-order valence-corrected chi connectivity index (χ4v) is 3.12. The fourth-order valence-electron chi connectivity index (χ4n) is 3.12. The van der Waals surface area contributed by atoms with Crippen LogP contribution in [0.1, 0.15) is 17.7 Å². The van der Waals surface area contributed by atoms with Crippen molar-refractivity contribution in [1.29, 1.82) is 5.26 Å². The zero-order chi connectivity index (χ0) is 21.3. The fraction of sp³-hybridized carbons (Fsp3) is 0.278. The Morgan fingerprint density at radius 1 is 1.27 bits per heavy atom. The first-order valence-electron chi connectivity index (χ1n) is 8.82. The first-order valence-corrected chi connectivity index (χ1v) is 8.82. The van der Waals surface area contributed by atoms with E-state index in [0.717, 1.165) is 0 Å². The summed E-state index contributed by atoms with van der Waals surface area (Å²) in [6, 6.07) is 5.49. The van der Waals surface area contributed by atoms with Gasteiger partial charge in [-0.25, -0.2) is 14.6 Å². The van der Waals surface area contributed by atoms with Crippen LogP contribution < -0.4 is 15.2 Å². The van der Waals surface area contributed by atoms with E-state index in [1.807, 2.05) is 16.1 Å². The van der Waals surface area contributed by atoms with Gasteiger partial charge in [-0.15, -0.1) is 0 Å². The van der Waals surface area contributed by atoms with E-state index in [9.17, 15) is 18.0 Å². The van der Waals surface area contributed by atoms with Gasteiger partial charge in [-0.05, 0) is 6.07 Å². The molecule has 0 saturated carbocycles. The van der Waals surface area contributed by atoms with Crippen molar-refractivity contribution < 1.29 is 17.9 Å². The van der Waals surface area contributed by atoms with Crippen molar-refractivity contribution in [3.05, 3.63) is 58.5 Å². The van der Waals surface area contributed by atoms with Crippen molar-refractivity contribution >= 4 is 5.82 Å². The zero-order valence-corrected chi connectivity index (χ0v) is 15.3. The Morgan fingerprint density at radius 2 is 2.07 bits per heavy atom. The summed E-state index contributed by atoms with van der Waals surface area (Å²) in [6.07, 6.45) is -0.117. The van der Waals surface area contributed by atoms with Gasteiger partial charge in [-0.2, -0.15) is 18.4 Å². The molecule has 0 spiro atoms. The molecule has 0 bridgehead atoms. The van der Waals surface area contributed by atoms with Gasteiger partial charge in [-0.1, -0.05) is 0 Å². The van der Waals surface area contributed by atoms with Gasteiger partial charge >= 0.3 is 6.18 Å². The Balaban J connectivity index is 1.52. The lowest BCUT2D eigenvalue weighted by atomic mass is 10.2. The molecule has 154 valence electrons. The van der Waals surface area contributed by atoms with E-state index in [0.29, 0.717) is 47.4 Å². The highest BCUT2D eigenvalue weighted by molar-refractivity contribution is 5.45. The minimum atomic E-state index is -4.67. The topological polar surface area (TPSA) is 113 Å². The highest BCUT2D eigenvalue weighted by Gasteiger charge is 2.34. The van der Waals surface area contributed by atoms with Gasteiger partial charge in [-0.3, -0.25) is 14.9 Å². The molecule has 9 nitrogen and oxygen atoms in total. The molecule has 1 unspecified atom stereocenters. The number of hydrogen-bond acceptors (Lipinski definition) is 7. The monoisotopic (exact) mass is 417 g/mol. The number of nitrogens with one attached hydrogen (secondary N) is 1. The number of aromatic nitrogens is 5. The summed E-state index contributed by atoms with van der Waals surface area (Å²) in [5.74, 6) is 0.810. The molecule has 0 aliphatic carbocycles. The number of nitriles is 1. The molecule has 0 aromatic carbocycles. The first kappa shape index (κ1) is 19.4. The molecular formula is C18H14F3N7O2. The lowest BCUT2D eigenvalue weighted by molar-refractivity contribution is -0.141. The summed E-state index contributed by atoms with van der Waals surface area (Å²) < 4.78 is 45.1. The van der Waals surface area contributed by atoms with Crippen LogP contribution in [0, 0.1) is 11.3 Å². The van der Waals surface area contributed by atoms with Gasteiger partial charge in [0, 0.05) is 31.3 Å². The van der Waals surface area contributed by atoms with Crippen LogP contribution in [-0.4, -0.2) is 43.9 Å². The lowest BCUT2D eigenvalue weighted by Crippen LogP contribution is -2.26.